The highest BCUT2D eigenvalue weighted by Gasteiger charge is 2.26. The summed E-state index contributed by atoms with van der Waals surface area (Å²) in [6.07, 6.45) is 5.50. The zero-order valence-corrected chi connectivity index (χ0v) is 23.1. The standard InChI is InChI=1S/C25H39N7O3S/c1-8-13-26-21-19(16-28-23(30-21)29-20-15-17(2)31-36-20)12-10-9-11-14-27-22(33)18(3)32(7)24(34)35-25(4,5)6/h15-18,31H,8-9,11,13-14H2,1-7H3,(H,27,33)(H2,26,28,29,30)/t17?,18-/m0/s1. The van der Waals surface area contributed by atoms with E-state index in [1.54, 1.807) is 40.9 Å². The Bertz CT molecular complexity index is 998. The summed E-state index contributed by atoms with van der Waals surface area (Å²) in [4.78, 5) is 34.8. The Balaban J connectivity index is 1.85. The Morgan fingerprint density at radius 3 is 2.72 bits per heavy atom. The number of hydrogen-bond donors (Lipinski definition) is 4. The predicted molar refractivity (Wildman–Crippen MR) is 145 cm³/mol. The molecule has 36 heavy (non-hydrogen) atoms. The van der Waals surface area contributed by atoms with Gasteiger partial charge in [0, 0.05) is 32.6 Å². The number of carbonyl (C=O) groups is 2. The van der Waals surface area contributed by atoms with Crippen molar-refractivity contribution in [3.8, 4) is 11.8 Å². The third kappa shape index (κ3) is 9.95. The van der Waals surface area contributed by atoms with Crippen LogP contribution in [0.4, 0.5) is 16.6 Å². The number of rotatable bonds is 10. The minimum absolute atomic E-state index is 0.237. The normalized spacial score (nSPS) is 15.8. The molecule has 0 saturated carbocycles. The van der Waals surface area contributed by atoms with Gasteiger partial charge in [-0.15, -0.1) is 0 Å². The van der Waals surface area contributed by atoms with Crippen molar-refractivity contribution in [3.05, 3.63) is 22.9 Å². The third-order valence-electron chi connectivity index (χ3n) is 4.97. The average molecular weight is 518 g/mol. The van der Waals surface area contributed by atoms with Crippen LogP contribution in [0.5, 0.6) is 0 Å². The van der Waals surface area contributed by atoms with E-state index in [0.29, 0.717) is 37.2 Å². The van der Waals surface area contributed by atoms with Crippen LogP contribution in [0.15, 0.2) is 17.3 Å². The van der Waals surface area contributed by atoms with Crippen molar-refractivity contribution in [2.45, 2.75) is 78.5 Å². The van der Waals surface area contributed by atoms with E-state index in [0.717, 1.165) is 23.6 Å². The van der Waals surface area contributed by atoms with Gasteiger partial charge in [-0.25, -0.2) is 9.78 Å². The van der Waals surface area contributed by atoms with Crippen LogP contribution >= 0.6 is 11.9 Å². The number of likely N-dealkylation sites (N-methyl/N-ethyl adjacent to an activating group) is 1. The van der Waals surface area contributed by atoms with E-state index in [2.05, 4.69) is 62.4 Å². The van der Waals surface area contributed by atoms with Crippen molar-refractivity contribution in [2.24, 2.45) is 0 Å². The summed E-state index contributed by atoms with van der Waals surface area (Å²) in [6.45, 7) is 12.4. The number of unbranched alkanes of at least 4 members (excludes halogenated alkanes) is 1. The zero-order chi connectivity index (χ0) is 26.7. The van der Waals surface area contributed by atoms with Crippen molar-refractivity contribution in [1.29, 1.82) is 0 Å². The second-order valence-electron chi connectivity index (χ2n) is 9.51. The lowest BCUT2D eigenvalue weighted by Gasteiger charge is -2.28. The maximum Gasteiger partial charge on any atom is 0.410 e. The fourth-order valence-corrected chi connectivity index (χ4v) is 3.70. The van der Waals surface area contributed by atoms with E-state index in [4.69, 9.17) is 4.74 Å². The summed E-state index contributed by atoms with van der Waals surface area (Å²) in [5.74, 6) is 7.24. The molecular weight excluding hydrogens is 478 g/mol. The molecule has 2 rings (SSSR count). The molecule has 198 valence electrons. The zero-order valence-electron chi connectivity index (χ0n) is 22.3. The molecule has 0 fully saturated rings. The van der Waals surface area contributed by atoms with Gasteiger partial charge in [0.1, 0.15) is 17.5 Å². The highest BCUT2D eigenvalue weighted by molar-refractivity contribution is 8.01. The molecule has 2 amide bonds. The van der Waals surface area contributed by atoms with Crippen molar-refractivity contribution in [1.82, 2.24) is 24.9 Å². The fourth-order valence-electron chi connectivity index (χ4n) is 2.90. The van der Waals surface area contributed by atoms with Crippen molar-refractivity contribution >= 4 is 35.7 Å². The molecule has 0 aromatic carbocycles. The number of nitrogens with zero attached hydrogens (tertiary/aromatic N) is 3. The molecule has 1 aliphatic heterocycles. The first-order valence-electron chi connectivity index (χ1n) is 12.2. The van der Waals surface area contributed by atoms with Crippen LogP contribution in [-0.2, 0) is 9.53 Å². The molecule has 1 unspecified atom stereocenters. The Labute approximate surface area is 218 Å². The molecular formula is C25H39N7O3S. The second-order valence-corrected chi connectivity index (χ2v) is 10.4. The maximum absolute atomic E-state index is 12.4. The van der Waals surface area contributed by atoms with Gasteiger partial charge in [-0.3, -0.25) is 14.4 Å². The third-order valence-corrected chi connectivity index (χ3v) is 5.91. The molecule has 10 nitrogen and oxygen atoms in total. The predicted octanol–water partition coefficient (Wildman–Crippen LogP) is 3.70. The molecule has 11 heteroatoms. The minimum Gasteiger partial charge on any atom is -0.444 e. The van der Waals surface area contributed by atoms with Crippen LogP contribution in [0.2, 0.25) is 0 Å². The summed E-state index contributed by atoms with van der Waals surface area (Å²) in [7, 11) is 1.55. The SMILES string of the molecule is CCCNc1nc(NC2=CC(C)NS2)ncc1C#CCCCNC(=O)[C@H](C)N(C)C(=O)OC(C)(C)C. The molecule has 2 heterocycles. The Hall–Kier alpha value is -2.97. The van der Waals surface area contributed by atoms with Crippen molar-refractivity contribution in [2.75, 3.05) is 30.8 Å². The van der Waals surface area contributed by atoms with Gasteiger partial charge in [0.25, 0.3) is 0 Å². The number of hydrogen-bond acceptors (Lipinski definition) is 9. The van der Waals surface area contributed by atoms with Crippen LogP contribution in [0.1, 0.15) is 66.4 Å². The fraction of sp³-hybridized carbons (Fsp3) is 0.600. The Kier molecular flexibility index (Phi) is 11.3. The average Bonchev–Trinajstić information content (AvgIpc) is 3.22. The van der Waals surface area contributed by atoms with Crippen LogP contribution < -0.4 is 20.7 Å². The number of nitrogens with one attached hydrogen (secondary N) is 4. The van der Waals surface area contributed by atoms with Gasteiger partial charge in [0.2, 0.25) is 11.9 Å². The summed E-state index contributed by atoms with van der Waals surface area (Å²) in [5.41, 5.74) is 0.113. The molecule has 1 aliphatic rings. The first-order chi connectivity index (χ1) is 17.0. The van der Waals surface area contributed by atoms with Gasteiger partial charge in [-0.05, 0) is 65.5 Å². The highest BCUT2D eigenvalue weighted by Crippen LogP contribution is 2.22. The second kappa shape index (κ2) is 13.9. The van der Waals surface area contributed by atoms with Gasteiger partial charge in [0.05, 0.1) is 16.8 Å². The number of aromatic nitrogens is 2. The smallest absolute Gasteiger partial charge is 0.410 e. The van der Waals surface area contributed by atoms with Crippen LogP contribution in [0, 0.1) is 11.8 Å². The van der Waals surface area contributed by atoms with Crippen molar-refractivity contribution in [3.63, 3.8) is 0 Å². The molecule has 4 N–H and O–H groups in total. The Morgan fingerprint density at radius 2 is 2.08 bits per heavy atom. The first-order valence-corrected chi connectivity index (χ1v) is 13.1. The van der Waals surface area contributed by atoms with Crippen LogP contribution in [0.3, 0.4) is 0 Å². The van der Waals surface area contributed by atoms with Gasteiger partial charge in [-0.1, -0.05) is 18.8 Å². The van der Waals surface area contributed by atoms with Crippen LogP contribution in [-0.4, -0.2) is 64.7 Å². The summed E-state index contributed by atoms with van der Waals surface area (Å²) < 4.78 is 8.56. The summed E-state index contributed by atoms with van der Waals surface area (Å²) >= 11 is 1.52. The minimum atomic E-state index is -0.639. The lowest BCUT2D eigenvalue weighted by molar-refractivity contribution is -0.125. The van der Waals surface area contributed by atoms with E-state index in [9.17, 15) is 9.59 Å². The molecule has 0 aliphatic carbocycles. The largest absolute Gasteiger partial charge is 0.444 e. The number of carbonyl (C=O) groups excluding carboxylic acids is 2. The van der Waals surface area contributed by atoms with E-state index in [1.165, 1.54) is 16.8 Å². The quantitative estimate of drug-likeness (QED) is 0.209. The topological polar surface area (TPSA) is 121 Å². The molecule has 0 bridgehead atoms. The summed E-state index contributed by atoms with van der Waals surface area (Å²) in [5, 5.41) is 10.4. The number of amides is 2. The maximum atomic E-state index is 12.4. The number of anilines is 2. The van der Waals surface area contributed by atoms with E-state index in [-0.39, 0.29) is 5.91 Å². The molecule has 2 atom stereocenters. The van der Waals surface area contributed by atoms with Crippen molar-refractivity contribution < 1.29 is 14.3 Å². The lowest BCUT2D eigenvalue weighted by Crippen LogP contribution is -2.47. The summed E-state index contributed by atoms with van der Waals surface area (Å²) in [6, 6.07) is -0.348. The number of ether oxygens (including phenoxy) is 1. The first kappa shape index (κ1) is 29.3. The molecule has 0 saturated heterocycles. The van der Waals surface area contributed by atoms with E-state index in [1.807, 2.05) is 0 Å². The molecule has 1 aromatic heterocycles. The molecule has 0 spiro atoms. The monoisotopic (exact) mass is 517 g/mol. The molecule has 1 aromatic rings. The van der Waals surface area contributed by atoms with Gasteiger partial charge < -0.3 is 20.7 Å². The van der Waals surface area contributed by atoms with Gasteiger partial charge in [-0.2, -0.15) is 4.98 Å². The van der Waals surface area contributed by atoms with Gasteiger partial charge >= 0.3 is 6.09 Å². The lowest BCUT2D eigenvalue weighted by atomic mass is 10.2. The molecule has 0 radical (unpaired) electrons. The van der Waals surface area contributed by atoms with E-state index < -0.39 is 17.7 Å². The highest BCUT2D eigenvalue weighted by atomic mass is 32.2. The van der Waals surface area contributed by atoms with Crippen LogP contribution in [0.25, 0.3) is 0 Å². The Morgan fingerprint density at radius 1 is 1.33 bits per heavy atom. The van der Waals surface area contributed by atoms with E-state index >= 15 is 0 Å². The van der Waals surface area contributed by atoms with Gasteiger partial charge in [0.15, 0.2) is 0 Å².